The van der Waals surface area contributed by atoms with Crippen LogP contribution in [-0.2, 0) is 9.59 Å². The highest BCUT2D eigenvalue weighted by Crippen LogP contribution is 2.26. The van der Waals surface area contributed by atoms with Crippen molar-refractivity contribution in [1.82, 2.24) is 4.90 Å². The predicted octanol–water partition coefficient (Wildman–Crippen LogP) is 1.48. The van der Waals surface area contributed by atoms with E-state index in [2.05, 4.69) is 0 Å². The zero-order valence-electron chi connectivity index (χ0n) is 13.5. The molecule has 1 fully saturated rings. The van der Waals surface area contributed by atoms with Crippen molar-refractivity contribution in [2.75, 3.05) is 13.2 Å². The van der Waals surface area contributed by atoms with E-state index in [0.29, 0.717) is 18.9 Å². The lowest BCUT2D eigenvalue weighted by Crippen LogP contribution is -2.52. The zero-order chi connectivity index (χ0) is 17.7. The number of amides is 2. The lowest BCUT2D eigenvalue weighted by Gasteiger charge is -2.36. The number of primary amides is 1. The van der Waals surface area contributed by atoms with Gasteiger partial charge in [0.15, 0.2) is 5.75 Å². The van der Waals surface area contributed by atoms with Crippen LogP contribution in [-0.4, -0.2) is 40.8 Å². The molecule has 1 aromatic carbocycles. The Hall–Kier alpha value is -2.64. The molecule has 1 aliphatic heterocycles. The molecule has 2 amide bonds. The third-order valence-electron chi connectivity index (χ3n) is 4.15. The molecule has 2 atom stereocenters. The number of hydrogen-bond acceptors (Lipinski definition) is 5. The second-order valence-electron chi connectivity index (χ2n) is 5.96. The fourth-order valence-corrected chi connectivity index (χ4v) is 2.83. The number of carbonyl (C=O) groups excluding carboxylic acids is 2. The van der Waals surface area contributed by atoms with Gasteiger partial charge >= 0.3 is 5.69 Å². The highest BCUT2D eigenvalue weighted by Gasteiger charge is 2.33. The Morgan fingerprint density at radius 3 is 2.79 bits per heavy atom. The van der Waals surface area contributed by atoms with Crippen LogP contribution in [0.3, 0.4) is 0 Å². The predicted molar refractivity (Wildman–Crippen MR) is 86.3 cm³/mol. The lowest BCUT2D eigenvalue weighted by molar-refractivity contribution is -0.385. The first-order valence-corrected chi connectivity index (χ1v) is 7.85. The van der Waals surface area contributed by atoms with Crippen molar-refractivity contribution in [3.63, 3.8) is 0 Å². The second kappa shape index (κ2) is 7.76. The molecule has 0 aromatic heterocycles. The summed E-state index contributed by atoms with van der Waals surface area (Å²) in [6, 6.07) is 5.40. The average Bonchev–Trinajstić information content (AvgIpc) is 2.54. The molecule has 2 rings (SSSR count). The number of benzene rings is 1. The highest BCUT2D eigenvalue weighted by molar-refractivity contribution is 5.86. The Morgan fingerprint density at radius 1 is 1.42 bits per heavy atom. The zero-order valence-corrected chi connectivity index (χ0v) is 13.5. The number of nitro groups is 1. The molecule has 0 bridgehead atoms. The Balaban J connectivity index is 1.93. The van der Waals surface area contributed by atoms with Gasteiger partial charge in [-0.05, 0) is 24.8 Å². The number of para-hydroxylation sites is 2. The molecule has 130 valence electrons. The van der Waals surface area contributed by atoms with Gasteiger partial charge < -0.3 is 15.4 Å². The Bertz CT molecular complexity index is 634. The first-order valence-electron chi connectivity index (χ1n) is 7.85. The molecule has 1 aromatic rings. The first-order chi connectivity index (χ1) is 11.4. The monoisotopic (exact) mass is 335 g/mol. The Kier molecular flexibility index (Phi) is 5.73. The van der Waals surface area contributed by atoms with E-state index in [1.165, 1.54) is 17.0 Å². The maximum atomic E-state index is 12.3. The van der Waals surface area contributed by atoms with Crippen molar-refractivity contribution >= 4 is 17.5 Å². The molecule has 24 heavy (non-hydrogen) atoms. The quantitative estimate of drug-likeness (QED) is 0.624. The summed E-state index contributed by atoms with van der Waals surface area (Å²) in [7, 11) is 0. The summed E-state index contributed by atoms with van der Waals surface area (Å²) in [5.41, 5.74) is 5.24. The molecule has 1 saturated heterocycles. The van der Waals surface area contributed by atoms with Crippen LogP contribution in [0.4, 0.5) is 5.69 Å². The molecule has 8 nitrogen and oxygen atoms in total. The van der Waals surface area contributed by atoms with Crippen LogP contribution in [0.15, 0.2) is 24.3 Å². The summed E-state index contributed by atoms with van der Waals surface area (Å²) < 4.78 is 5.37. The van der Waals surface area contributed by atoms with E-state index >= 15 is 0 Å². The Labute approximate surface area is 139 Å². The minimum Gasteiger partial charge on any atom is -0.486 e. The SMILES string of the molecule is CC1CCN(C(=O)CCOc2ccccc2[N+](=O)[O-])C(C(N)=O)C1. The number of hydrogen-bond donors (Lipinski definition) is 1. The largest absolute Gasteiger partial charge is 0.486 e. The van der Waals surface area contributed by atoms with Gasteiger partial charge in [0, 0.05) is 12.6 Å². The van der Waals surface area contributed by atoms with Crippen LogP contribution in [0, 0.1) is 16.0 Å². The summed E-state index contributed by atoms with van der Waals surface area (Å²) in [5.74, 6) is -0.275. The van der Waals surface area contributed by atoms with Gasteiger partial charge in [0.05, 0.1) is 18.0 Å². The fourth-order valence-electron chi connectivity index (χ4n) is 2.83. The summed E-state index contributed by atoms with van der Waals surface area (Å²) in [6.45, 7) is 2.51. The maximum absolute atomic E-state index is 12.3. The van der Waals surface area contributed by atoms with Gasteiger partial charge in [-0.15, -0.1) is 0 Å². The summed E-state index contributed by atoms with van der Waals surface area (Å²) >= 11 is 0. The van der Waals surface area contributed by atoms with Gasteiger partial charge in [-0.2, -0.15) is 0 Å². The Morgan fingerprint density at radius 2 is 2.12 bits per heavy atom. The van der Waals surface area contributed by atoms with Gasteiger partial charge in [-0.1, -0.05) is 19.1 Å². The minimum atomic E-state index is -0.590. The van der Waals surface area contributed by atoms with E-state index in [9.17, 15) is 19.7 Å². The van der Waals surface area contributed by atoms with Gasteiger partial charge in [0.25, 0.3) is 0 Å². The molecular weight excluding hydrogens is 314 g/mol. The molecule has 0 radical (unpaired) electrons. The number of rotatable bonds is 6. The van der Waals surface area contributed by atoms with Crippen LogP contribution in [0.2, 0.25) is 0 Å². The number of nitrogens with two attached hydrogens (primary N) is 1. The molecular formula is C16H21N3O5. The van der Waals surface area contributed by atoms with Crippen LogP contribution < -0.4 is 10.5 Å². The molecule has 8 heteroatoms. The summed E-state index contributed by atoms with van der Waals surface area (Å²) in [6.07, 6.45) is 1.41. The fraction of sp³-hybridized carbons (Fsp3) is 0.500. The van der Waals surface area contributed by atoms with Crippen LogP contribution >= 0.6 is 0 Å². The van der Waals surface area contributed by atoms with Crippen molar-refractivity contribution in [1.29, 1.82) is 0 Å². The van der Waals surface area contributed by atoms with E-state index in [0.717, 1.165) is 6.42 Å². The van der Waals surface area contributed by atoms with E-state index < -0.39 is 16.9 Å². The smallest absolute Gasteiger partial charge is 0.310 e. The van der Waals surface area contributed by atoms with Gasteiger partial charge in [-0.25, -0.2) is 0 Å². The van der Waals surface area contributed by atoms with Crippen LogP contribution in [0.1, 0.15) is 26.2 Å². The van der Waals surface area contributed by atoms with Crippen LogP contribution in [0.25, 0.3) is 0 Å². The van der Waals surface area contributed by atoms with E-state index in [1.54, 1.807) is 12.1 Å². The first kappa shape index (κ1) is 17.7. The standard InChI is InChI=1S/C16H21N3O5/c1-11-6-8-18(13(10-11)16(17)21)15(20)7-9-24-14-5-3-2-4-12(14)19(22)23/h2-5,11,13H,6-10H2,1H3,(H2,17,21). The number of piperidine rings is 1. The summed E-state index contributed by atoms with van der Waals surface area (Å²) in [4.78, 5) is 35.8. The second-order valence-corrected chi connectivity index (χ2v) is 5.96. The number of nitrogens with zero attached hydrogens (tertiary/aromatic N) is 2. The van der Waals surface area contributed by atoms with Crippen molar-refractivity contribution in [3.8, 4) is 5.75 Å². The molecule has 2 unspecified atom stereocenters. The molecule has 1 heterocycles. The average molecular weight is 335 g/mol. The van der Waals surface area contributed by atoms with Gasteiger partial charge in [0.1, 0.15) is 6.04 Å². The van der Waals surface area contributed by atoms with Crippen molar-refractivity contribution < 1.29 is 19.2 Å². The number of nitro benzene ring substituents is 1. The van der Waals surface area contributed by atoms with Gasteiger partial charge in [0.2, 0.25) is 11.8 Å². The third-order valence-corrected chi connectivity index (χ3v) is 4.15. The van der Waals surface area contributed by atoms with E-state index in [1.807, 2.05) is 6.92 Å². The summed E-state index contributed by atoms with van der Waals surface area (Å²) in [5, 5.41) is 10.9. The highest BCUT2D eigenvalue weighted by atomic mass is 16.6. The number of carbonyl (C=O) groups is 2. The molecule has 0 saturated carbocycles. The molecule has 2 N–H and O–H groups in total. The maximum Gasteiger partial charge on any atom is 0.310 e. The molecule has 0 aliphatic carbocycles. The van der Waals surface area contributed by atoms with E-state index in [4.69, 9.17) is 10.5 Å². The van der Waals surface area contributed by atoms with Gasteiger partial charge in [-0.3, -0.25) is 19.7 Å². The lowest BCUT2D eigenvalue weighted by atomic mass is 9.92. The topological polar surface area (TPSA) is 116 Å². The minimum absolute atomic E-state index is 0.00121. The van der Waals surface area contributed by atoms with Crippen molar-refractivity contribution in [2.24, 2.45) is 11.7 Å². The number of likely N-dealkylation sites (tertiary alicyclic amines) is 1. The van der Waals surface area contributed by atoms with Crippen LogP contribution in [0.5, 0.6) is 5.75 Å². The number of ether oxygens (including phenoxy) is 1. The third kappa shape index (κ3) is 4.21. The van der Waals surface area contributed by atoms with Crippen molar-refractivity contribution in [2.45, 2.75) is 32.2 Å². The van der Waals surface area contributed by atoms with Crippen molar-refractivity contribution in [3.05, 3.63) is 34.4 Å². The molecule has 0 spiro atoms. The van der Waals surface area contributed by atoms with E-state index in [-0.39, 0.29) is 30.4 Å². The molecule has 1 aliphatic rings. The normalized spacial score (nSPS) is 20.5.